The SMILES string of the molecule is CC1(C2CCCCC2)CC(C#N)C1=O. The van der Waals surface area contributed by atoms with Gasteiger partial charge in [-0.05, 0) is 25.2 Å². The molecule has 2 heteroatoms. The van der Waals surface area contributed by atoms with Crippen molar-refractivity contribution in [1.82, 2.24) is 0 Å². The lowest BCUT2D eigenvalue weighted by Gasteiger charge is -2.47. The summed E-state index contributed by atoms with van der Waals surface area (Å²) >= 11 is 0. The number of rotatable bonds is 1. The number of nitrogens with zero attached hydrogens (tertiary/aromatic N) is 1. The fourth-order valence-corrected chi connectivity index (χ4v) is 3.10. The van der Waals surface area contributed by atoms with Crippen LogP contribution in [-0.2, 0) is 4.79 Å². The Kier molecular flexibility index (Phi) is 2.34. The Morgan fingerprint density at radius 2 is 2.00 bits per heavy atom. The van der Waals surface area contributed by atoms with E-state index in [0.29, 0.717) is 5.92 Å². The molecular weight excluding hydrogens is 174 g/mol. The summed E-state index contributed by atoms with van der Waals surface area (Å²) in [6, 6.07) is 2.10. The van der Waals surface area contributed by atoms with E-state index in [1.165, 1.54) is 32.1 Å². The van der Waals surface area contributed by atoms with Crippen LogP contribution in [0.25, 0.3) is 0 Å². The second-order valence-electron chi connectivity index (χ2n) is 5.00. The molecule has 2 nitrogen and oxygen atoms in total. The Hall–Kier alpha value is -0.840. The van der Waals surface area contributed by atoms with Crippen LogP contribution < -0.4 is 0 Å². The molecule has 0 aliphatic heterocycles. The molecule has 2 fully saturated rings. The maximum absolute atomic E-state index is 11.8. The second-order valence-corrected chi connectivity index (χ2v) is 5.00. The van der Waals surface area contributed by atoms with Gasteiger partial charge < -0.3 is 0 Å². The summed E-state index contributed by atoms with van der Waals surface area (Å²) in [5.74, 6) is 0.488. The van der Waals surface area contributed by atoms with Crippen molar-refractivity contribution in [1.29, 1.82) is 5.26 Å². The summed E-state index contributed by atoms with van der Waals surface area (Å²) in [7, 11) is 0. The molecule has 14 heavy (non-hydrogen) atoms. The number of carbonyl (C=O) groups excluding carboxylic acids is 1. The van der Waals surface area contributed by atoms with E-state index >= 15 is 0 Å². The van der Waals surface area contributed by atoms with Crippen LogP contribution in [0.3, 0.4) is 0 Å². The topological polar surface area (TPSA) is 40.9 Å². The van der Waals surface area contributed by atoms with Gasteiger partial charge in [0, 0.05) is 5.41 Å². The molecule has 0 N–H and O–H groups in total. The predicted octanol–water partition coefficient (Wildman–Crippen LogP) is 2.69. The molecule has 0 heterocycles. The third-order valence-electron chi connectivity index (χ3n) is 4.17. The first kappa shape index (κ1) is 9.71. The summed E-state index contributed by atoms with van der Waals surface area (Å²) in [6.45, 7) is 2.07. The molecule has 0 radical (unpaired) electrons. The Morgan fingerprint density at radius 3 is 2.50 bits per heavy atom. The van der Waals surface area contributed by atoms with E-state index in [4.69, 9.17) is 5.26 Å². The normalized spacial score (nSPS) is 38.9. The van der Waals surface area contributed by atoms with Crippen LogP contribution in [0.2, 0.25) is 0 Å². The van der Waals surface area contributed by atoms with Gasteiger partial charge in [0.05, 0.1) is 6.07 Å². The lowest BCUT2D eigenvalue weighted by atomic mass is 9.54. The molecule has 0 saturated heterocycles. The molecule has 2 atom stereocenters. The molecule has 0 aromatic carbocycles. The Bertz CT molecular complexity index is 285. The minimum absolute atomic E-state index is 0.138. The minimum atomic E-state index is -0.290. The maximum Gasteiger partial charge on any atom is 0.156 e. The number of ketones is 1. The largest absolute Gasteiger partial charge is 0.298 e. The molecule has 2 aliphatic carbocycles. The van der Waals surface area contributed by atoms with Gasteiger partial charge in [0.15, 0.2) is 5.78 Å². The first-order valence-electron chi connectivity index (χ1n) is 5.62. The Balaban J connectivity index is 2.04. The summed E-state index contributed by atoms with van der Waals surface area (Å²) in [5.41, 5.74) is -0.138. The Morgan fingerprint density at radius 1 is 1.36 bits per heavy atom. The minimum Gasteiger partial charge on any atom is -0.298 e. The molecule has 0 amide bonds. The van der Waals surface area contributed by atoms with E-state index in [1.807, 2.05) is 0 Å². The number of hydrogen-bond acceptors (Lipinski definition) is 2. The van der Waals surface area contributed by atoms with Gasteiger partial charge in [-0.1, -0.05) is 26.2 Å². The summed E-state index contributed by atoms with van der Waals surface area (Å²) in [5, 5.41) is 8.72. The van der Waals surface area contributed by atoms with Crippen LogP contribution in [-0.4, -0.2) is 5.78 Å². The van der Waals surface area contributed by atoms with Crippen molar-refractivity contribution in [2.24, 2.45) is 17.3 Å². The number of hydrogen-bond donors (Lipinski definition) is 0. The molecular formula is C12H17NO. The van der Waals surface area contributed by atoms with Crippen molar-refractivity contribution in [3.63, 3.8) is 0 Å². The zero-order chi connectivity index (χ0) is 10.2. The quantitative estimate of drug-likeness (QED) is 0.639. The number of carbonyl (C=O) groups is 1. The summed E-state index contributed by atoms with van der Waals surface area (Å²) in [6.07, 6.45) is 7.06. The molecule has 2 aliphatic rings. The molecule has 2 rings (SSSR count). The lowest BCUT2D eigenvalue weighted by molar-refractivity contribution is -0.147. The smallest absolute Gasteiger partial charge is 0.156 e. The van der Waals surface area contributed by atoms with Gasteiger partial charge in [-0.3, -0.25) is 4.79 Å². The highest BCUT2D eigenvalue weighted by atomic mass is 16.1. The highest BCUT2D eigenvalue weighted by molar-refractivity contribution is 5.94. The van der Waals surface area contributed by atoms with Crippen molar-refractivity contribution in [3.05, 3.63) is 0 Å². The van der Waals surface area contributed by atoms with E-state index in [1.54, 1.807) is 0 Å². The average Bonchev–Trinajstić information content (AvgIpc) is 2.26. The van der Waals surface area contributed by atoms with Gasteiger partial charge in [-0.15, -0.1) is 0 Å². The van der Waals surface area contributed by atoms with Gasteiger partial charge in [0.25, 0.3) is 0 Å². The Labute approximate surface area is 85.3 Å². The second kappa shape index (κ2) is 3.38. The lowest BCUT2D eigenvalue weighted by Crippen LogP contribution is -2.51. The summed E-state index contributed by atoms with van der Waals surface area (Å²) in [4.78, 5) is 11.8. The van der Waals surface area contributed by atoms with Gasteiger partial charge in [0.1, 0.15) is 5.92 Å². The van der Waals surface area contributed by atoms with Gasteiger partial charge in [-0.2, -0.15) is 5.26 Å². The maximum atomic E-state index is 11.8. The van der Waals surface area contributed by atoms with Crippen LogP contribution in [0.5, 0.6) is 0 Å². The van der Waals surface area contributed by atoms with E-state index in [9.17, 15) is 4.79 Å². The van der Waals surface area contributed by atoms with Crippen molar-refractivity contribution >= 4 is 5.78 Å². The van der Waals surface area contributed by atoms with Crippen LogP contribution in [0.1, 0.15) is 45.4 Å². The first-order chi connectivity index (χ1) is 6.68. The van der Waals surface area contributed by atoms with Crippen molar-refractivity contribution in [2.45, 2.75) is 45.4 Å². The highest BCUT2D eigenvalue weighted by Crippen LogP contribution is 2.51. The van der Waals surface area contributed by atoms with E-state index in [0.717, 1.165) is 6.42 Å². The van der Waals surface area contributed by atoms with E-state index in [-0.39, 0.29) is 17.1 Å². The third-order valence-corrected chi connectivity index (χ3v) is 4.17. The molecule has 0 aromatic heterocycles. The monoisotopic (exact) mass is 191 g/mol. The van der Waals surface area contributed by atoms with E-state index in [2.05, 4.69) is 13.0 Å². The molecule has 76 valence electrons. The van der Waals surface area contributed by atoms with Crippen LogP contribution in [0.4, 0.5) is 0 Å². The fraction of sp³-hybridized carbons (Fsp3) is 0.833. The zero-order valence-electron chi connectivity index (χ0n) is 8.75. The summed E-state index contributed by atoms with van der Waals surface area (Å²) < 4.78 is 0. The predicted molar refractivity (Wildman–Crippen MR) is 53.4 cm³/mol. The number of Topliss-reactive ketones (excluding diaryl/α,β-unsaturated/α-hetero) is 1. The van der Waals surface area contributed by atoms with Crippen LogP contribution in [0.15, 0.2) is 0 Å². The van der Waals surface area contributed by atoms with Crippen molar-refractivity contribution in [2.75, 3.05) is 0 Å². The molecule has 0 bridgehead atoms. The fourth-order valence-electron chi connectivity index (χ4n) is 3.10. The molecule has 2 unspecified atom stereocenters. The van der Waals surface area contributed by atoms with Crippen LogP contribution >= 0.6 is 0 Å². The van der Waals surface area contributed by atoms with Gasteiger partial charge in [-0.25, -0.2) is 0 Å². The highest BCUT2D eigenvalue weighted by Gasteiger charge is 2.54. The third kappa shape index (κ3) is 1.27. The van der Waals surface area contributed by atoms with Gasteiger partial charge >= 0.3 is 0 Å². The zero-order valence-corrected chi connectivity index (χ0v) is 8.75. The van der Waals surface area contributed by atoms with Crippen molar-refractivity contribution < 1.29 is 4.79 Å². The standard InChI is InChI=1S/C12H17NO/c1-12(7-9(8-13)11(12)14)10-5-3-2-4-6-10/h9-10H,2-7H2,1H3. The molecule has 0 aromatic rings. The van der Waals surface area contributed by atoms with Crippen molar-refractivity contribution in [3.8, 4) is 6.07 Å². The van der Waals surface area contributed by atoms with Crippen LogP contribution in [0, 0.1) is 28.6 Å². The first-order valence-corrected chi connectivity index (χ1v) is 5.62. The molecule has 0 spiro atoms. The number of nitriles is 1. The average molecular weight is 191 g/mol. The molecule has 2 saturated carbocycles. The van der Waals surface area contributed by atoms with Gasteiger partial charge in [0.2, 0.25) is 0 Å². The van der Waals surface area contributed by atoms with E-state index < -0.39 is 0 Å².